The van der Waals surface area contributed by atoms with Crippen molar-refractivity contribution in [2.75, 3.05) is 6.61 Å². The van der Waals surface area contributed by atoms with Crippen molar-refractivity contribution in [1.82, 2.24) is 0 Å². The van der Waals surface area contributed by atoms with E-state index >= 15 is 0 Å². The molecule has 0 bridgehead atoms. The highest BCUT2D eigenvalue weighted by molar-refractivity contribution is 9.10. The summed E-state index contributed by atoms with van der Waals surface area (Å²) in [6.07, 6.45) is 5.77. The third-order valence-electron chi connectivity index (χ3n) is 5.13. The van der Waals surface area contributed by atoms with Crippen LogP contribution in [-0.4, -0.2) is 11.7 Å². The van der Waals surface area contributed by atoms with Crippen molar-refractivity contribution >= 4 is 15.9 Å². The Hall–Kier alpha value is -0.340. The summed E-state index contributed by atoms with van der Waals surface area (Å²) in [7, 11) is 0. The van der Waals surface area contributed by atoms with Crippen LogP contribution in [0, 0.1) is 16.7 Å². The molecule has 0 heterocycles. The van der Waals surface area contributed by atoms with Crippen molar-refractivity contribution in [1.29, 1.82) is 0 Å². The molecular weight excluding hydrogens is 312 g/mol. The van der Waals surface area contributed by atoms with Crippen LogP contribution in [0.25, 0.3) is 0 Å². The fourth-order valence-electron chi connectivity index (χ4n) is 3.53. The molecule has 0 atom stereocenters. The highest BCUT2D eigenvalue weighted by Crippen LogP contribution is 2.47. The Morgan fingerprint density at radius 2 is 1.80 bits per heavy atom. The Bertz CT molecular complexity index is 439. The molecule has 1 aromatic rings. The summed E-state index contributed by atoms with van der Waals surface area (Å²) in [4.78, 5) is 0. The van der Waals surface area contributed by atoms with Crippen LogP contribution in [0.5, 0.6) is 0 Å². The Morgan fingerprint density at radius 1 is 1.20 bits per heavy atom. The minimum atomic E-state index is 0.0889. The molecule has 0 radical (unpaired) electrons. The molecule has 112 valence electrons. The van der Waals surface area contributed by atoms with Gasteiger partial charge < -0.3 is 5.11 Å². The second-order valence-corrected chi connectivity index (χ2v) is 8.42. The normalized spacial score (nSPS) is 27.6. The van der Waals surface area contributed by atoms with Gasteiger partial charge in [0.25, 0.3) is 0 Å². The maximum absolute atomic E-state index is 9.97. The van der Waals surface area contributed by atoms with E-state index in [2.05, 4.69) is 61.0 Å². The number of benzene rings is 1. The highest BCUT2D eigenvalue weighted by atomic mass is 79.9. The van der Waals surface area contributed by atoms with E-state index in [0.717, 1.165) is 25.2 Å². The molecule has 1 N–H and O–H groups in total. The quantitative estimate of drug-likeness (QED) is 0.802. The maximum Gasteiger partial charge on any atom is 0.0490 e. The Labute approximate surface area is 131 Å². The van der Waals surface area contributed by atoms with Crippen LogP contribution in [0.2, 0.25) is 0 Å². The van der Waals surface area contributed by atoms with Gasteiger partial charge >= 0.3 is 0 Å². The molecule has 0 spiro atoms. The van der Waals surface area contributed by atoms with Crippen molar-refractivity contribution in [3.8, 4) is 0 Å². The summed E-state index contributed by atoms with van der Waals surface area (Å²) >= 11 is 3.64. The zero-order chi connectivity index (χ0) is 14.8. The first-order valence-corrected chi connectivity index (χ1v) is 8.50. The van der Waals surface area contributed by atoms with E-state index in [1.54, 1.807) is 0 Å². The van der Waals surface area contributed by atoms with E-state index in [9.17, 15) is 5.11 Å². The molecule has 0 amide bonds. The van der Waals surface area contributed by atoms with Gasteiger partial charge in [-0.15, -0.1) is 0 Å². The summed E-state index contributed by atoms with van der Waals surface area (Å²) in [6, 6.07) is 8.42. The fourth-order valence-corrected chi connectivity index (χ4v) is 3.96. The molecule has 1 fully saturated rings. The predicted octanol–water partition coefficient (Wildman–Crippen LogP) is 5.21. The van der Waals surface area contributed by atoms with Crippen LogP contribution >= 0.6 is 15.9 Å². The molecule has 0 unspecified atom stereocenters. The van der Waals surface area contributed by atoms with Gasteiger partial charge in [0.15, 0.2) is 0 Å². The molecule has 1 aliphatic rings. The lowest BCUT2D eigenvalue weighted by Gasteiger charge is -2.43. The second kappa shape index (κ2) is 6.19. The summed E-state index contributed by atoms with van der Waals surface area (Å²) < 4.78 is 1.17. The first-order chi connectivity index (χ1) is 9.36. The van der Waals surface area contributed by atoms with Crippen molar-refractivity contribution in [3.63, 3.8) is 0 Å². The molecule has 1 aromatic carbocycles. The van der Waals surface area contributed by atoms with E-state index < -0.39 is 0 Å². The number of rotatable bonds is 3. The van der Waals surface area contributed by atoms with Gasteiger partial charge in [-0.05, 0) is 60.5 Å². The van der Waals surface area contributed by atoms with Crippen LogP contribution in [0.1, 0.15) is 52.0 Å². The molecule has 0 saturated heterocycles. The molecular formula is C18H27BrO. The Morgan fingerprint density at radius 3 is 2.30 bits per heavy atom. The molecule has 0 aromatic heterocycles. The molecule has 0 aliphatic heterocycles. The zero-order valence-corrected chi connectivity index (χ0v) is 14.5. The standard InChI is InChI=1S/C18H27BrO/c1-17(2,3)15-8-10-18(13-20,11-9-15)12-14-6-4-5-7-16(14)19/h4-7,15,20H,8-13H2,1-3H3. The van der Waals surface area contributed by atoms with Crippen LogP contribution < -0.4 is 0 Å². The predicted molar refractivity (Wildman–Crippen MR) is 88.8 cm³/mol. The lowest BCUT2D eigenvalue weighted by atomic mass is 9.62. The average Bonchev–Trinajstić information content (AvgIpc) is 2.41. The summed E-state index contributed by atoms with van der Waals surface area (Å²) in [5, 5.41) is 9.97. The number of aliphatic hydroxyl groups excluding tert-OH is 1. The molecule has 2 rings (SSSR count). The minimum absolute atomic E-state index is 0.0889. The minimum Gasteiger partial charge on any atom is -0.396 e. The van der Waals surface area contributed by atoms with Gasteiger partial charge in [0.05, 0.1) is 0 Å². The molecule has 20 heavy (non-hydrogen) atoms. The van der Waals surface area contributed by atoms with Gasteiger partial charge in [0.1, 0.15) is 0 Å². The summed E-state index contributed by atoms with van der Waals surface area (Å²) in [6.45, 7) is 7.34. The number of hydrogen-bond donors (Lipinski definition) is 1. The summed E-state index contributed by atoms with van der Waals surface area (Å²) in [5.41, 5.74) is 1.82. The van der Waals surface area contributed by atoms with Crippen molar-refractivity contribution in [2.45, 2.75) is 52.9 Å². The van der Waals surface area contributed by atoms with E-state index in [-0.39, 0.29) is 5.41 Å². The largest absolute Gasteiger partial charge is 0.396 e. The smallest absolute Gasteiger partial charge is 0.0490 e. The molecule has 2 heteroatoms. The third kappa shape index (κ3) is 3.65. The van der Waals surface area contributed by atoms with Crippen molar-refractivity contribution in [2.24, 2.45) is 16.7 Å². The molecule has 1 nitrogen and oxygen atoms in total. The first kappa shape index (κ1) is 16.0. The summed E-state index contributed by atoms with van der Waals surface area (Å²) in [5.74, 6) is 0.793. The Balaban J connectivity index is 2.08. The Kier molecular flexibility index (Phi) is 4.96. The number of hydrogen-bond acceptors (Lipinski definition) is 1. The topological polar surface area (TPSA) is 20.2 Å². The van der Waals surface area contributed by atoms with E-state index in [1.165, 1.54) is 22.9 Å². The lowest BCUT2D eigenvalue weighted by Crippen LogP contribution is -2.36. The van der Waals surface area contributed by atoms with E-state index in [1.807, 2.05) is 0 Å². The average molecular weight is 339 g/mol. The van der Waals surface area contributed by atoms with Gasteiger partial charge in [-0.25, -0.2) is 0 Å². The van der Waals surface area contributed by atoms with Gasteiger partial charge in [0.2, 0.25) is 0 Å². The monoisotopic (exact) mass is 338 g/mol. The van der Waals surface area contributed by atoms with Crippen LogP contribution in [-0.2, 0) is 6.42 Å². The second-order valence-electron chi connectivity index (χ2n) is 7.57. The van der Waals surface area contributed by atoms with Crippen LogP contribution in [0.3, 0.4) is 0 Å². The van der Waals surface area contributed by atoms with Gasteiger partial charge in [-0.2, -0.15) is 0 Å². The molecule has 1 saturated carbocycles. The zero-order valence-electron chi connectivity index (χ0n) is 13.0. The fraction of sp³-hybridized carbons (Fsp3) is 0.667. The lowest BCUT2D eigenvalue weighted by molar-refractivity contribution is 0.0368. The van der Waals surface area contributed by atoms with Crippen LogP contribution in [0.15, 0.2) is 28.7 Å². The molecule has 1 aliphatic carbocycles. The van der Waals surface area contributed by atoms with Gasteiger partial charge in [-0.1, -0.05) is 54.9 Å². The van der Waals surface area contributed by atoms with Gasteiger partial charge in [-0.3, -0.25) is 0 Å². The number of halogens is 1. The van der Waals surface area contributed by atoms with E-state index in [0.29, 0.717) is 12.0 Å². The van der Waals surface area contributed by atoms with E-state index in [4.69, 9.17) is 0 Å². The third-order valence-corrected chi connectivity index (χ3v) is 5.90. The SMILES string of the molecule is CC(C)(C)C1CCC(CO)(Cc2ccccc2Br)CC1. The van der Waals surface area contributed by atoms with Crippen molar-refractivity contribution in [3.05, 3.63) is 34.3 Å². The maximum atomic E-state index is 9.97. The van der Waals surface area contributed by atoms with Crippen LogP contribution in [0.4, 0.5) is 0 Å². The first-order valence-electron chi connectivity index (χ1n) is 7.71. The van der Waals surface area contributed by atoms with Gasteiger partial charge in [0, 0.05) is 11.1 Å². The van der Waals surface area contributed by atoms with Crippen molar-refractivity contribution < 1.29 is 5.11 Å². The number of aliphatic hydroxyl groups is 1. The highest BCUT2D eigenvalue weighted by Gasteiger charge is 2.38.